The molecule has 0 unspecified atom stereocenters. The van der Waals surface area contributed by atoms with Gasteiger partial charge in [0.2, 0.25) is 0 Å². The first kappa shape index (κ1) is 17.0. The SMILES string of the molecule is COc1ccccc1[C@@H](O)C[C@@H](N)C(F)(F)F.Cl. The molecule has 18 heavy (non-hydrogen) atoms. The zero-order chi connectivity index (χ0) is 13.1. The van der Waals surface area contributed by atoms with Gasteiger partial charge in [0.25, 0.3) is 0 Å². The van der Waals surface area contributed by atoms with Crippen LogP contribution in [0, 0.1) is 0 Å². The molecule has 0 saturated carbocycles. The van der Waals surface area contributed by atoms with E-state index in [-0.39, 0.29) is 12.4 Å². The lowest BCUT2D eigenvalue weighted by atomic mass is 10.0. The van der Waals surface area contributed by atoms with Gasteiger partial charge in [0.15, 0.2) is 0 Å². The summed E-state index contributed by atoms with van der Waals surface area (Å²) in [6.45, 7) is 0. The molecule has 0 fully saturated rings. The van der Waals surface area contributed by atoms with E-state index in [2.05, 4.69) is 0 Å². The predicted molar refractivity (Wildman–Crippen MR) is 63.8 cm³/mol. The van der Waals surface area contributed by atoms with Crippen molar-refractivity contribution in [2.75, 3.05) is 7.11 Å². The molecule has 7 heteroatoms. The van der Waals surface area contributed by atoms with Gasteiger partial charge in [-0.3, -0.25) is 0 Å². The quantitative estimate of drug-likeness (QED) is 0.893. The van der Waals surface area contributed by atoms with Crippen LogP contribution < -0.4 is 10.5 Å². The van der Waals surface area contributed by atoms with E-state index in [9.17, 15) is 18.3 Å². The number of methoxy groups -OCH3 is 1. The van der Waals surface area contributed by atoms with Crippen LogP contribution in [-0.4, -0.2) is 24.4 Å². The molecule has 3 N–H and O–H groups in total. The highest BCUT2D eigenvalue weighted by Gasteiger charge is 2.38. The second-order valence-corrected chi connectivity index (χ2v) is 3.64. The fraction of sp³-hybridized carbons (Fsp3) is 0.455. The minimum atomic E-state index is -4.51. The van der Waals surface area contributed by atoms with E-state index in [1.165, 1.54) is 13.2 Å². The Morgan fingerprint density at radius 3 is 2.39 bits per heavy atom. The minimum Gasteiger partial charge on any atom is -0.496 e. The second-order valence-electron chi connectivity index (χ2n) is 3.64. The van der Waals surface area contributed by atoms with Crippen LogP contribution in [0.3, 0.4) is 0 Å². The topological polar surface area (TPSA) is 55.5 Å². The van der Waals surface area contributed by atoms with Crippen molar-refractivity contribution in [2.24, 2.45) is 5.73 Å². The summed E-state index contributed by atoms with van der Waals surface area (Å²) in [7, 11) is 1.38. The molecule has 0 saturated heterocycles. The van der Waals surface area contributed by atoms with Crippen LogP contribution in [0.1, 0.15) is 18.1 Å². The molecule has 0 bridgehead atoms. The van der Waals surface area contributed by atoms with Crippen LogP contribution in [0.15, 0.2) is 24.3 Å². The molecule has 1 rings (SSSR count). The third kappa shape index (κ3) is 4.36. The summed E-state index contributed by atoms with van der Waals surface area (Å²) in [5, 5.41) is 9.71. The number of benzene rings is 1. The van der Waals surface area contributed by atoms with Gasteiger partial charge in [-0.1, -0.05) is 18.2 Å². The Balaban J connectivity index is 0.00000289. The Morgan fingerprint density at radius 2 is 1.89 bits per heavy atom. The van der Waals surface area contributed by atoms with E-state index < -0.39 is 24.7 Å². The minimum absolute atomic E-state index is 0. The molecule has 0 aliphatic rings. The molecular weight excluding hydrogens is 271 g/mol. The Labute approximate surface area is 109 Å². The van der Waals surface area contributed by atoms with Crippen molar-refractivity contribution < 1.29 is 23.0 Å². The fourth-order valence-electron chi connectivity index (χ4n) is 1.44. The largest absolute Gasteiger partial charge is 0.496 e. The van der Waals surface area contributed by atoms with Crippen molar-refractivity contribution in [2.45, 2.75) is 24.7 Å². The van der Waals surface area contributed by atoms with E-state index >= 15 is 0 Å². The highest BCUT2D eigenvalue weighted by Crippen LogP contribution is 2.31. The normalized spacial score (nSPS) is 14.6. The fourth-order valence-corrected chi connectivity index (χ4v) is 1.44. The van der Waals surface area contributed by atoms with Crippen molar-refractivity contribution in [1.82, 2.24) is 0 Å². The van der Waals surface area contributed by atoms with Crippen LogP contribution in [0.5, 0.6) is 5.75 Å². The van der Waals surface area contributed by atoms with Crippen LogP contribution in [0.4, 0.5) is 13.2 Å². The molecule has 1 aromatic rings. The number of hydrogen-bond acceptors (Lipinski definition) is 3. The lowest BCUT2D eigenvalue weighted by Crippen LogP contribution is -2.38. The van der Waals surface area contributed by atoms with Crippen LogP contribution in [0.25, 0.3) is 0 Å². The maximum atomic E-state index is 12.2. The molecule has 0 amide bonds. The molecular formula is C11H15ClF3NO2. The van der Waals surface area contributed by atoms with Gasteiger partial charge in [0, 0.05) is 12.0 Å². The zero-order valence-electron chi connectivity index (χ0n) is 9.65. The van der Waals surface area contributed by atoms with Gasteiger partial charge in [0.1, 0.15) is 11.8 Å². The number of alkyl halides is 3. The van der Waals surface area contributed by atoms with E-state index in [0.717, 1.165) is 0 Å². The Morgan fingerprint density at radius 1 is 1.33 bits per heavy atom. The summed E-state index contributed by atoms with van der Waals surface area (Å²) in [6.07, 6.45) is -6.41. The maximum absolute atomic E-state index is 12.2. The summed E-state index contributed by atoms with van der Waals surface area (Å²) in [4.78, 5) is 0. The van der Waals surface area contributed by atoms with Gasteiger partial charge < -0.3 is 15.6 Å². The molecule has 0 aliphatic carbocycles. The van der Waals surface area contributed by atoms with Crippen molar-refractivity contribution in [3.8, 4) is 5.75 Å². The molecule has 1 aromatic carbocycles. The van der Waals surface area contributed by atoms with Gasteiger partial charge in [0.05, 0.1) is 13.2 Å². The molecule has 0 spiro atoms. The van der Waals surface area contributed by atoms with Gasteiger partial charge >= 0.3 is 6.18 Å². The van der Waals surface area contributed by atoms with Crippen LogP contribution in [-0.2, 0) is 0 Å². The Bertz CT molecular complexity index is 374. The number of aliphatic hydroxyl groups excluding tert-OH is 1. The number of aliphatic hydroxyl groups is 1. The lowest BCUT2D eigenvalue weighted by molar-refractivity contribution is -0.153. The van der Waals surface area contributed by atoms with Crippen LogP contribution >= 0.6 is 12.4 Å². The van der Waals surface area contributed by atoms with E-state index in [1.54, 1.807) is 18.2 Å². The average Bonchev–Trinajstić information content (AvgIpc) is 2.27. The maximum Gasteiger partial charge on any atom is 0.403 e. The van der Waals surface area contributed by atoms with E-state index in [1.807, 2.05) is 0 Å². The Hall–Kier alpha value is -0.980. The standard InChI is InChI=1S/C11H14F3NO2.ClH/c1-17-9-5-3-2-4-7(9)8(16)6-10(15)11(12,13)14;/h2-5,8,10,16H,6,15H2,1H3;1H/t8-,10+;/m0./s1. The van der Waals surface area contributed by atoms with Crippen molar-refractivity contribution in [3.05, 3.63) is 29.8 Å². The van der Waals surface area contributed by atoms with Gasteiger partial charge in [-0.15, -0.1) is 12.4 Å². The number of para-hydroxylation sites is 1. The number of ether oxygens (including phenoxy) is 1. The Kier molecular flexibility index (Phi) is 6.45. The predicted octanol–water partition coefficient (Wildman–Crippen LogP) is 2.43. The van der Waals surface area contributed by atoms with Gasteiger partial charge in [-0.25, -0.2) is 0 Å². The van der Waals surface area contributed by atoms with E-state index in [0.29, 0.717) is 11.3 Å². The van der Waals surface area contributed by atoms with E-state index in [4.69, 9.17) is 10.5 Å². The number of nitrogens with two attached hydrogens (primary N) is 1. The first-order valence-electron chi connectivity index (χ1n) is 4.99. The summed E-state index contributed by atoms with van der Waals surface area (Å²) in [6, 6.07) is 4.30. The molecule has 0 aliphatic heterocycles. The third-order valence-corrected chi connectivity index (χ3v) is 2.40. The molecule has 3 nitrogen and oxygen atoms in total. The lowest BCUT2D eigenvalue weighted by Gasteiger charge is -2.20. The smallest absolute Gasteiger partial charge is 0.403 e. The summed E-state index contributed by atoms with van der Waals surface area (Å²) in [5.41, 5.74) is 5.26. The monoisotopic (exact) mass is 285 g/mol. The third-order valence-electron chi connectivity index (χ3n) is 2.40. The number of hydrogen-bond donors (Lipinski definition) is 2. The van der Waals surface area contributed by atoms with Gasteiger partial charge in [-0.05, 0) is 6.07 Å². The summed E-state index contributed by atoms with van der Waals surface area (Å²) >= 11 is 0. The number of rotatable bonds is 4. The molecule has 0 radical (unpaired) electrons. The van der Waals surface area contributed by atoms with Crippen molar-refractivity contribution in [1.29, 1.82) is 0 Å². The second kappa shape index (κ2) is 6.82. The van der Waals surface area contributed by atoms with Crippen molar-refractivity contribution >= 4 is 12.4 Å². The van der Waals surface area contributed by atoms with Gasteiger partial charge in [-0.2, -0.15) is 13.2 Å². The molecule has 0 aromatic heterocycles. The molecule has 104 valence electrons. The molecule has 2 atom stereocenters. The highest BCUT2D eigenvalue weighted by atomic mass is 35.5. The highest BCUT2D eigenvalue weighted by molar-refractivity contribution is 5.85. The first-order chi connectivity index (χ1) is 7.86. The molecule has 0 heterocycles. The first-order valence-corrected chi connectivity index (χ1v) is 4.99. The van der Waals surface area contributed by atoms with Crippen LogP contribution in [0.2, 0.25) is 0 Å². The van der Waals surface area contributed by atoms with Crippen molar-refractivity contribution in [3.63, 3.8) is 0 Å². The number of halogens is 4. The zero-order valence-corrected chi connectivity index (χ0v) is 10.5. The average molecular weight is 286 g/mol. The summed E-state index contributed by atoms with van der Waals surface area (Å²) in [5.74, 6) is 0.342. The summed E-state index contributed by atoms with van der Waals surface area (Å²) < 4.78 is 41.7.